The average molecular weight is 502 g/mol. The van der Waals surface area contributed by atoms with Gasteiger partial charge in [-0.25, -0.2) is 0 Å². The highest BCUT2D eigenvalue weighted by Crippen LogP contribution is 2.43. The minimum Gasteiger partial charge on any atom is -0.382 e. The summed E-state index contributed by atoms with van der Waals surface area (Å²) in [7, 11) is 1.62. The maximum absolute atomic E-state index is 12.5. The van der Waals surface area contributed by atoms with Crippen molar-refractivity contribution in [2.75, 3.05) is 13.1 Å². The molecule has 0 aliphatic rings. The molecule has 2 unspecified atom stereocenters. The fraction of sp³-hybridized carbons (Fsp3) is 0.308. The molecule has 0 fully saturated rings. The number of carbonyl (C=O) groups is 1. The second-order valence-electron chi connectivity index (χ2n) is 8.53. The molecule has 10 heteroatoms. The van der Waals surface area contributed by atoms with Gasteiger partial charge in [0.1, 0.15) is 0 Å². The Kier molecular flexibility index (Phi) is 8.09. The number of carbonyl (C=O) groups excluding carboxylic acids is 1. The third-order valence-corrected chi connectivity index (χ3v) is 6.24. The van der Waals surface area contributed by atoms with Crippen molar-refractivity contribution >= 4 is 5.91 Å². The first-order valence-electron chi connectivity index (χ1n) is 11.2. The summed E-state index contributed by atoms with van der Waals surface area (Å²) >= 11 is 0. The van der Waals surface area contributed by atoms with Crippen molar-refractivity contribution in [3.8, 4) is 0 Å². The number of nitroso groups, excluding NO2 is 1. The number of alkyl halides is 3. The number of aliphatic hydroxyl groups is 1. The van der Waals surface area contributed by atoms with E-state index in [1.54, 1.807) is 31.4 Å². The van der Waals surface area contributed by atoms with Crippen LogP contribution >= 0.6 is 0 Å². The minimum atomic E-state index is -4.84. The Morgan fingerprint density at radius 2 is 1.69 bits per heavy atom. The molecule has 0 bridgehead atoms. The van der Waals surface area contributed by atoms with Crippen LogP contribution in [0.5, 0.6) is 0 Å². The lowest BCUT2D eigenvalue weighted by atomic mass is 9.66. The Morgan fingerprint density at radius 3 is 2.28 bits per heavy atom. The van der Waals surface area contributed by atoms with Crippen LogP contribution in [0.3, 0.4) is 0 Å². The smallest absolute Gasteiger partial charge is 0.382 e. The lowest BCUT2D eigenvalue weighted by Crippen LogP contribution is -2.40. The highest BCUT2D eigenvalue weighted by atomic mass is 19.4. The number of pyridine rings is 1. The molecule has 3 aromatic rings. The Morgan fingerprint density at radius 1 is 1.06 bits per heavy atom. The lowest BCUT2D eigenvalue weighted by Gasteiger charge is -2.36. The summed E-state index contributed by atoms with van der Waals surface area (Å²) in [5.41, 5.74) is 2.21. The van der Waals surface area contributed by atoms with E-state index >= 15 is 0 Å². The SMILES string of the molecule is Cc1ccccc1C(CCN=O)(c1ccc(C(=O)NCC(O)C(F)(F)F)cc1)c1ccc(=O)n(C)c1. The molecule has 7 nitrogen and oxygen atoms in total. The zero-order valence-corrected chi connectivity index (χ0v) is 19.7. The van der Waals surface area contributed by atoms with Crippen LogP contribution in [0, 0.1) is 11.8 Å². The van der Waals surface area contributed by atoms with E-state index in [0.29, 0.717) is 5.56 Å². The monoisotopic (exact) mass is 501 g/mol. The Bertz CT molecular complexity index is 1290. The van der Waals surface area contributed by atoms with Crippen LogP contribution in [0.15, 0.2) is 76.8 Å². The summed E-state index contributed by atoms with van der Waals surface area (Å²) in [6, 6.07) is 17.0. The van der Waals surface area contributed by atoms with Gasteiger partial charge in [0.15, 0.2) is 6.10 Å². The van der Waals surface area contributed by atoms with Crippen LogP contribution in [0.1, 0.15) is 39.0 Å². The lowest BCUT2D eigenvalue weighted by molar-refractivity contribution is -0.201. The molecular formula is C26H26F3N3O4. The molecule has 1 amide bonds. The fourth-order valence-corrected chi connectivity index (χ4v) is 4.33. The molecule has 0 spiro atoms. The molecule has 0 saturated heterocycles. The maximum atomic E-state index is 12.5. The predicted octanol–water partition coefficient (Wildman–Crippen LogP) is 3.84. The molecule has 0 aliphatic carbocycles. The number of hydrogen-bond donors (Lipinski definition) is 2. The summed E-state index contributed by atoms with van der Waals surface area (Å²) in [6.07, 6.45) is -5.55. The number of aryl methyl sites for hydroxylation is 2. The van der Waals surface area contributed by atoms with Gasteiger partial charge in [-0.05, 0) is 47.7 Å². The standard InChI is InChI=1S/C26H26F3N3O4/c1-17-5-3-4-6-21(17)25(13-14-31-36,20-11-12-23(34)32(2)16-20)19-9-7-18(8-10-19)24(35)30-15-22(33)26(27,28)29/h3-12,16,22,33H,13-15H2,1-2H3,(H,30,35). The topological polar surface area (TPSA) is 101 Å². The van der Waals surface area contributed by atoms with E-state index in [0.717, 1.165) is 16.7 Å². The molecule has 1 heterocycles. The highest BCUT2D eigenvalue weighted by Gasteiger charge is 2.39. The van der Waals surface area contributed by atoms with E-state index in [1.165, 1.54) is 22.8 Å². The Balaban J connectivity index is 2.10. The van der Waals surface area contributed by atoms with E-state index in [1.807, 2.05) is 31.2 Å². The number of nitrogens with one attached hydrogen (secondary N) is 1. The number of nitrogens with zero attached hydrogens (tertiary/aromatic N) is 2. The van der Waals surface area contributed by atoms with Crippen molar-refractivity contribution in [2.45, 2.75) is 31.0 Å². The molecule has 2 aromatic carbocycles. The van der Waals surface area contributed by atoms with Gasteiger partial charge in [0.2, 0.25) is 5.56 Å². The molecule has 1 aromatic heterocycles. The van der Waals surface area contributed by atoms with E-state index in [9.17, 15) is 27.7 Å². The molecule has 3 rings (SSSR count). The van der Waals surface area contributed by atoms with Gasteiger partial charge in [-0.2, -0.15) is 18.1 Å². The Hall–Kier alpha value is -3.79. The summed E-state index contributed by atoms with van der Waals surface area (Å²) < 4.78 is 39.1. The van der Waals surface area contributed by atoms with Crippen molar-refractivity contribution in [3.05, 3.63) is 110 Å². The average Bonchev–Trinajstić information content (AvgIpc) is 2.85. The Labute approximate surface area is 205 Å². The number of aromatic nitrogens is 1. The molecule has 190 valence electrons. The molecule has 0 radical (unpaired) electrons. The van der Waals surface area contributed by atoms with E-state index in [4.69, 9.17) is 5.11 Å². The molecular weight excluding hydrogens is 475 g/mol. The van der Waals surface area contributed by atoms with Gasteiger partial charge in [0.05, 0.1) is 13.1 Å². The van der Waals surface area contributed by atoms with Gasteiger partial charge in [0.25, 0.3) is 5.91 Å². The van der Waals surface area contributed by atoms with Crippen molar-refractivity contribution < 1.29 is 23.1 Å². The zero-order chi connectivity index (χ0) is 26.5. The van der Waals surface area contributed by atoms with Crippen LogP contribution in [0.25, 0.3) is 0 Å². The number of amides is 1. The maximum Gasteiger partial charge on any atom is 0.416 e. The van der Waals surface area contributed by atoms with E-state index in [2.05, 4.69) is 10.5 Å². The first-order valence-corrected chi connectivity index (χ1v) is 11.2. The van der Waals surface area contributed by atoms with Gasteiger partial charge in [-0.15, -0.1) is 0 Å². The van der Waals surface area contributed by atoms with Crippen molar-refractivity contribution in [1.29, 1.82) is 0 Å². The number of benzene rings is 2. The van der Waals surface area contributed by atoms with Crippen molar-refractivity contribution in [1.82, 2.24) is 9.88 Å². The van der Waals surface area contributed by atoms with Crippen LogP contribution < -0.4 is 10.9 Å². The molecule has 2 atom stereocenters. The number of rotatable bonds is 9. The van der Waals surface area contributed by atoms with Crippen LogP contribution in [0.2, 0.25) is 0 Å². The summed E-state index contributed by atoms with van der Waals surface area (Å²) in [4.78, 5) is 35.7. The molecule has 0 aliphatic heterocycles. The zero-order valence-electron chi connectivity index (χ0n) is 19.7. The molecule has 36 heavy (non-hydrogen) atoms. The highest BCUT2D eigenvalue weighted by molar-refractivity contribution is 5.94. The quantitative estimate of drug-likeness (QED) is 0.435. The third kappa shape index (κ3) is 5.54. The van der Waals surface area contributed by atoms with E-state index < -0.39 is 30.1 Å². The van der Waals surface area contributed by atoms with Crippen LogP contribution in [-0.2, 0) is 12.5 Å². The molecule has 0 saturated carbocycles. The van der Waals surface area contributed by atoms with Gasteiger partial charge in [0, 0.05) is 30.3 Å². The summed E-state index contributed by atoms with van der Waals surface area (Å²) in [6.45, 7) is 0.920. The summed E-state index contributed by atoms with van der Waals surface area (Å²) in [5, 5.41) is 14.3. The van der Waals surface area contributed by atoms with Crippen molar-refractivity contribution in [2.24, 2.45) is 12.2 Å². The van der Waals surface area contributed by atoms with Crippen LogP contribution in [-0.4, -0.2) is 41.0 Å². The van der Waals surface area contributed by atoms with Crippen molar-refractivity contribution in [3.63, 3.8) is 0 Å². The number of hydrogen-bond acceptors (Lipinski definition) is 5. The second-order valence-corrected chi connectivity index (χ2v) is 8.53. The second kappa shape index (κ2) is 10.9. The first kappa shape index (κ1) is 26.8. The van der Waals surface area contributed by atoms with Gasteiger partial charge < -0.3 is 15.0 Å². The first-order chi connectivity index (χ1) is 17.0. The fourth-order valence-electron chi connectivity index (χ4n) is 4.33. The van der Waals surface area contributed by atoms with Gasteiger partial charge >= 0.3 is 6.18 Å². The van der Waals surface area contributed by atoms with Gasteiger partial charge in [-0.1, -0.05) is 47.6 Å². The summed E-state index contributed by atoms with van der Waals surface area (Å²) in [5.74, 6) is -0.775. The van der Waals surface area contributed by atoms with E-state index in [-0.39, 0.29) is 24.1 Å². The largest absolute Gasteiger partial charge is 0.416 e. The normalized spacial score (nSPS) is 14.1. The molecule has 2 N–H and O–H groups in total. The van der Waals surface area contributed by atoms with Crippen LogP contribution in [0.4, 0.5) is 13.2 Å². The number of halogens is 3. The predicted molar refractivity (Wildman–Crippen MR) is 129 cm³/mol. The minimum absolute atomic E-state index is 0.0330. The number of aliphatic hydroxyl groups excluding tert-OH is 1. The third-order valence-electron chi connectivity index (χ3n) is 6.24. The van der Waals surface area contributed by atoms with Gasteiger partial charge in [-0.3, -0.25) is 9.59 Å².